The maximum Gasteiger partial charge on any atom is 0.409 e. The van der Waals surface area contributed by atoms with Crippen molar-refractivity contribution in [1.29, 1.82) is 0 Å². The van der Waals surface area contributed by atoms with Crippen LogP contribution >= 0.6 is 33.2 Å². The van der Waals surface area contributed by atoms with E-state index in [9.17, 15) is 51.6 Å². The van der Waals surface area contributed by atoms with Crippen LogP contribution in [0.15, 0.2) is 35.9 Å². The van der Waals surface area contributed by atoms with Crippen LogP contribution < -0.4 is 15.0 Å². The summed E-state index contributed by atoms with van der Waals surface area (Å²) in [5.74, 6) is -5.17. The van der Waals surface area contributed by atoms with Gasteiger partial charge in [-0.05, 0) is 71.6 Å². The van der Waals surface area contributed by atoms with Crippen LogP contribution in [0.2, 0.25) is 5.02 Å². The van der Waals surface area contributed by atoms with E-state index in [1.54, 1.807) is 38.1 Å². The Morgan fingerprint density at radius 2 is 1.76 bits per heavy atom. The predicted molar refractivity (Wildman–Crippen MR) is 261 cm³/mol. The van der Waals surface area contributed by atoms with Gasteiger partial charge in [0.25, 0.3) is 21.9 Å². The number of likely N-dealkylation sites (N-methyl/N-ethyl adjacent to an activating group) is 1. The number of ether oxygens (including phenoxy) is 5. The number of aliphatic hydroxyl groups is 1. The zero-order valence-electron chi connectivity index (χ0n) is 41.3. The number of methoxy groups -OCH3 is 2. The van der Waals surface area contributed by atoms with Crippen molar-refractivity contribution < 1.29 is 80.2 Å². The monoisotopic (exact) mass is 1070 g/mol. The molecule has 0 saturated carbocycles. The molecule has 5 amide bonds. The summed E-state index contributed by atoms with van der Waals surface area (Å²) in [7, 11) is 3.28. The van der Waals surface area contributed by atoms with Crippen molar-refractivity contribution in [3.8, 4) is 5.75 Å². The van der Waals surface area contributed by atoms with Gasteiger partial charge in [0, 0.05) is 63.3 Å². The molecule has 4 aliphatic heterocycles. The highest BCUT2D eigenvalue weighted by molar-refractivity contribution is 8.77. The van der Waals surface area contributed by atoms with Crippen LogP contribution in [-0.2, 0) is 69.1 Å². The molecule has 3 saturated heterocycles. The smallest absolute Gasteiger partial charge is 0.409 e. The zero-order chi connectivity index (χ0) is 53.0. The Kier molecular flexibility index (Phi) is 18.8. The van der Waals surface area contributed by atoms with Gasteiger partial charge >= 0.3 is 18.0 Å². The lowest BCUT2D eigenvalue weighted by Gasteiger charge is -2.42. The number of rotatable bonds is 16. The summed E-state index contributed by atoms with van der Waals surface area (Å²) in [6.07, 6.45) is -0.390. The van der Waals surface area contributed by atoms with Crippen molar-refractivity contribution in [2.45, 2.75) is 145 Å². The molecule has 2 unspecified atom stereocenters. The van der Waals surface area contributed by atoms with E-state index in [1.165, 1.54) is 55.8 Å². The third-order valence-electron chi connectivity index (χ3n) is 13.0. The van der Waals surface area contributed by atoms with E-state index >= 15 is 0 Å². The summed E-state index contributed by atoms with van der Waals surface area (Å²) in [6.45, 7) is 10.4. The molecule has 4 bridgehead atoms. The second-order valence-corrected chi connectivity index (χ2v) is 24.0. The minimum Gasteiger partial charge on any atom is -0.495 e. The van der Waals surface area contributed by atoms with Crippen LogP contribution in [0.3, 0.4) is 0 Å². The SMILES string of the molecule is COc1cc2cc(c1Cl)N(C)C(=O)CC(OC(=O)[C@H](C)N(C)C(=O)CCC(C)(C)SSCCC(C(=O)ON1C(=O)CCC1=O)S(=O)(=O)O)[C@]1(C)O[C@H]1[C@H](C)[C@@H]1C[C@@](O)(NC(=O)O1)[C@H](OC)C=CC=C(C)C2. The highest BCUT2D eigenvalue weighted by atomic mass is 35.5. The minimum atomic E-state index is -4.97. The quantitative estimate of drug-likeness (QED) is 0.0505. The largest absolute Gasteiger partial charge is 0.495 e. The summed E-state index contributed by atoms with van der Waals surface area (Å²) in [5, 5.41) is 12.6. The Bertz CT molecular complexity index is 2410. The summed E-state index contributed by atoms with van der Waals surface area (Å²) < 4.78 is 62.5. The molecule has 394 valence electrons. The van der Waals surface area contributed by atoms with Crippen molar-refractivity contribution in [3.63, 3.8) is 0 Å². The fraction of sp³-hybridized carbons (Fsp3) is 0.630. The van der Waals surface area contributed by atoms with Crippen LogP contribution in [0.1, 0.15) is 92.1 Å². The molecule has 9 atom stereocenters. The Morgan fingerprint density at radius 3 is 2.38 bits per heavy atom. The number of imide groups is 1. The number of carbonyl (C=O) groups is 7. The lowest BCUT2D eigenvalue weighted by Crippen LogP contribution is -2.63. The molecule has 25 heteroatoms. The number of amides is 5. The molecule has 0 spiro atoms. The van der Waals surface area contributed by atoms with Gasteiger partial charge in [0.05, 0.1) is 25.3 Å². The van der Waals surface area contributed by atoms with E-state index in [0.717, 1.165) is 21.9 Å². The van der Waals surface area contributed by atoms with Gasteiger partial charge in [-0.15, -0.1) is 5.06 Å². The van der Waals surface area contributed by atoms with E-state index in [-0.39, 0.29) is 47.9 Å². The van der Waals surface area contributed by atoms with E-state index in [0.29, 0.717) is 17.9 Å². The maximum absolute atomic E-state index is 14.3. The Balaban J connectivity index is 1.29. The number of fused-ring (bicyclic) bond motifs is 5. The summed E-state index contributed by atoms with van der Waals surface area (Å²) in [6, 6.07) is 2.34. The van der Waals surface area contributed by atoms with Gasteiger partial charge in [-0.2, -0.15) is 8.42 Å². The van der Waals surface area contributed by atoms with Gasteiger partial charge in [-0.3, -0.25) is 29.0 Å². The average Bonchev–Trinajstić information content (AvgIpc) is 3.90. The molecule has 0 radical (unpaired) electrons. The highest BCUT2D eigenvalue weighted by Gasteiger charge is 2.64. The molecule has 4 heterocycles. The first-order valence-corrected chi connectivity index (χ1v) is 26.9. The van der Waals surface area contributed by atoms with E-state index < -0.39 is 122 Å². The van der Waals surface area contributed by atoms with Gasteiger partial charge in [0.2, 0.25) is 11.8 Å². The minimum absolute atomic E-state index is 0.00994. The fourth-order valence-electron chi connectivity index (χ4n) is 8.40. The van der Waals surface area contributed by atoms with Crippen molar-refractivity contribution in [2.75, 3.05) is 39.0 Å². The fourth-order valence-corrected chi connectivity index (χ4v) is 12.2. The molecular formula is C46H63ClN4O17S3. The summed E-state index contributed by atoms with van der Waals surface area (Å²) in [5.41, 5.74) is -1.27. The number of anilines is 1. The molecule has 5 rings (SSSR count). The number of alkyl carbamates (subject to hydrolysis) is 1. The molecule has 3 N–H and O–H groups in total. The Hall–Kier alpha value is -4.43. The molecule has 1 aromatic carbocycles. The Morgan fingerprint density at radius 1 is 1.10 bits per heavy atom. The Labute approximate surface area is 426 Å². The van der Waals surface area contributed by atoms with Crippen molar-refractivity contribution in [3.05, 3.63) is 46.5 Å². The van der Waals surface area contributed by atoms with Gasteiger partial charge in [-0.25, -0.2) is 14.4 Å². The van der Waals surface area contributed by atoms with Crippen LogP contribution in [-0.4, -0.2) is 156 Å². The second-order valence-electron chi connectivity index (χ2n) is 18.9. The molecule has 1 aromatic rings. The zero-order valence-corrected chi connectivity index (χ0v) is 44.5. The van der Waals surface area contributed by atoms with Gasteiger partial charge in [0.15, 0.2) is 11.0 Å². The molecule has 3 fully saturated rings. The molecule has 0 aliphatic carbocycles. The van der Waals surface area contributed by atoms with Crippen molar-refractivity contribution in [2.24, 2.45) is 5.92 Å². The predicted octanol–water partition coefficient (Wildman–Crippen LogP) is 4.71. The highest BCUT2D eigenvalue weighted by Crippen LogP contribution is 2.49. The maximum atomic E-state index is 14.3. The lowest BCUT2D eigenvalue weighted by atomic mass is 9.83. The van der Waals surface area contributed by atoms with E-state index in [4.69, 9.17) is 40.1 Å². The van der Waals surface area contributed by atoms with Gasteiger partial charge < -0.3 is 43.4 Å². The van der Waals surface area contributed by atoms with Crippen LogP contribution in [0, 0.1) is 5.92 Å². The van der Waals surface area contributed by atoms with Gasteiger partial charge in [-0.1, -0.05) is 63.9 Å². The number of allylic oxidation sites excluding steroid dienone is 3. The van der Waals surface area contributed by atoms with Crippen molar-refractivity contribution >= 4 is 90.7 Å². The number of hydrogen-bond acceptors (Lipinski definition) is 18. The number of nitrogens with zero attached hydrogens (tertiary/aromatic N) is 3. The molecule has 21 nitrogen and oxygen atoms in total. The van der Waals surface area contributed by atoms with Crippen molar-refractivity contribution in [1.82, 2.24) is 15.3 Å². The average molecular weight is 1080 g/mol. The first kappa shape index (κ1) is 57.5. The first-order valence-electron chi connectivity index (χ1n) is 22.7. The number of epoxide rings is 1. The topological polar surface area (TPSA) is 275 Å². The standard InChI is InChI=1S/C46H63ClN4O17S3/c1-25-12-11-13-33(64-10)46(59)24-31(65-43(58)48-46)26(2)40-45(6,67-40)34(23-38(55)50(8)29-21-28(20-25)22-30(63-9)39(29)47)66-41(56)27(3)49(7)35(52)16-18-44(4,5)70-69-19-17-32(71(60,61)62)42(57)68-51-36(53)14-15-37(51)54/h11-13,21-22,26-27,31-34,40,59H,14-20,23-24H2,1-10H3,(H,48,58)(H,60,61,62)/t26-,27+,31+,32?,33-,34?,40+,45+,46+/m1/s1. The number of nitrogens with one attached hydrogen (secondary N) is 1. The first-order chi connectivity index (χ1) is 33.0. The number of benzene rings is 1. The second kappa shape index (κ2) is 23.2. The lowest BCUT2D eigenvalue weighted by molar-refractivity contribution is -0.197. The molecule has 71 heavy (non-hydrogen) atoms. The normalized spacial score (nSPS) is 27.2. The van der Waals surface area contributed by atoms with Gasteiger partial charge in [0.1, 0.15) is 40.7 Å². The number of esters is 1. The third-order valence-corrected chi connectivity index (χ3v) is 17.9. The number of carbonyl (C=O) groups excluding carboxylic acids is 7. The number of hydrogen-bond donors (Lipinski definition) is 3. The number of hydroxylamine groups is 2. The molecule has 4 aliphatic rings. The van der Waals surface area contributed by atoms with E-state index in [2.05, 4.69) is 5.32 Å². The summed E-state index contributed by atoms with van der Waals surface area (Å²) >= 11 is 6.80. The number of halogens is 1. The molecule has 0 aromatic heterocycles. The van der Waals surface area contributed by atoms with Crippen LogP contribution in [0.25, 0.3) is 0 Å². The van der Waals surface area contributed by atoms with Crippen LogP contribution in [0.4, 0.5) is 10.5 Å². The summed E-state index contributed by atoms with van der Waals surface area (Å²) in [4.78, 5) is 98.6. The molecular weight excluding hydrogens is 1010 g/mol. The van der Waals surface area contributed by atoms with Crippen LogP contribution in [0.5, 0.6) is 5.75 Å². The third kappa shape index (κ3) is 14.0. The van der Waals surface area contributed by atoms with E-state index in [1.807, 2.05) is 26.8 Å².